The minimum absolute atomic E-state index is 0.0154. The lowest BCUT2D eigenvalue weighted by Crippen LogP contribution is -2.06. The van der Waals surface area contributed by atoms with Gasteiger partial charge in [-0.2, -0.15) is 0 Å². The zero-order chi connectivity index (χ0) is 16.2. The molecular formula is C16H17N3O4. The van der Waals surface area contributed by atoms with Gasteiger partial charge in [-0.15, -0.1) is 0 Å². The molecular weight excluding hydrogens is 298 g/mol. The standard InChI is InChI=1S/C16H17N3O4/c1-11-8-13(19(20)21)10-18-16(11)17-9-12-4-2-5-14-15(12)23-7-3-6-22-14/h2,4-5,8,10H,3,6-7,9H2,1H3,(H,17,18). The molecule has 1 aliphatic heterocycles. The van der Waals surface area contributed by atoms with E-state index in [1.807, 2.05) is 18.2 Å². The Bertz CT molecular complexity index is 733. The van der Waals surface area contributed by atoms with Gasteiger partial charge in [-0.25, -0.2) is 4.98 Å². The fourth-order valence-electron chi connectivity index (χ4n) is 2.42. The molecule has 0 saturated carbocycles. The van der Waals surface area contributed by atoms with Gasteiger partial charge in [-0.1, -0.05) is 12.1 Å². The van der Waals surface area contributed by atoms with Crippen LogP contribution in [0.25, 0.3) is 0 Å². The molecule has 0 radical (unpaired) electrons. The number of aryl methyl sites for hydroxylation is 1. The quantitative estimate of drug-likeness (QED) is 0.689. The number of para-hydroxylation sites is 1. The van der Waals surface area contributed by atoms with E-state index in [4.69, 9.17) is 9.47 Å². The Morgan fingerprint density at radius 2 is 2.17 bits per heavy atom. The van der Waals surface area contributed by atoms with Gasteiger partial charge in [-0.3, -0.25) is 10.1 Å². The first kappa shape index (κ1) is 15.1. The number of ether oxygens (including phenoxy) is 2. The van der Waals surface area contributed by atoms with Crippen molar-refractivity contribution in [3.05, 3.63) is 51.7 Å². The summed E-state index contributed by atoms with van der Waals surface area (Å²) in [5, 5.41) is 13.9. The monoisotopic (exact) mass is 315 g/mol. The second kappa shape index (κ2) is 6.51. The molecule has 1 N–H and O–H groups in total. The van der Waals surface area contributed by atoms with Crippen molar-refractivity contribution in [2.24, 2.45) is 0 Å². The largest absolute Gasteiger partial charge is 0.490 e. The smallest absolute Gasteiger partial charge is 0.287 e. The molecule has 7 nitrogen and oxygen atoms in total. The van der Waals surface area contributed by atoms with E-state index >= 15 is 0 Å². The van der Waals surface area contributed by atoms with Crippen molar-refractivity contribution in [3.8, 4) is 11.5 Å². The lowest BCUT2D eigenvalue weighted by atomic mass is 10.1. The summed E-state index contributed by atoms with van der Waals surface area (Å²) < 4.78 is 11.4. The molecule has 2 heterocycles. The van der Waals surface area contributed by atoms with E-state index in [-0.39, 0.29) is 5.69 Å². The van der Waals surface area contributed by atoms with Crippen LogP contribution in [-0.4, -0.2) is 23.1 Å². The van der Waals surface area contributed by atoms with Crippen LogP contribution in [0.3, 0.4) is 0 Å². The Balaban J connectivity index is 1.77. The predicted molar refractivity (Wildman–Crippen MR) is 85.0 cm³/mol. The third-order valence-corrected chi connectivity index (χ3v) is 3.57. The van der Waals surface area contributed by atoms with Crippen molar-refractivity contribution in [1.82, 2.24) is 4.98 Å². The van der Waals surface area contributed by atoms with Crippen LogP contribution in [0.15, 0.2) is 30.5 Å². The van der Waals surface area contributed by atoms with Gasteiger partial charge in [0.1, 0.15) is 12.0 Å². The third kappa shape index (κ3) is 3.33. The maximum atomic E-state index is 10.8. The minimum atomic E-state index is -0.452. The molecule has 0 fully saturated rings. The molecule has 0 amide bonds. The van der Waals surface area contributed by atoms with Crippen LogP contribution in [0.4, 0.5) is 11.5 Å². The zero-order valence-corrected chi connectivity index (χ0v) is 12.7. The van der Waals surface area contributed by atoms with Gasteiger partial charge in [0.05, 0.1) is 18.1 Å². The van der Waals surface area contributed by atoms with E-state index in [1.54, 1.807) is 6.92 Å². The van der Waals surface area contributed by atoms with E-state index in [2.05, 4.69) is 10.3 Å². The van der Waals surface area contributed by atoms with E-state index in [0.29, 0.717) is 25.6 Å². The van der Waals surface area contributed by atoms with Crippen LogP contribution >= 0.6 is 0 Å². The Kier molecular flexibility index (Phi) is 4.27. The molecule has 0 bridgehead atoms. The van der Waals surface area contributed by atoms with Gasteiger partial charge < -0.3 is 14.8 Å². The van der Waals surface area contributed by atoms with E-state index in [9.17, 15) is 10.1 Å². The SMILES string of the molecule is Cc1cc([N+](=O)[O-])cnc1NCc1cccc2c1OCCCO2. The van der Waals surface area contributed by atoms with Crippen LogP contribution in [0, 0.1) is 17.0 Å². The molecule has 7 heteroatoms. The van der Waals surface area contributed by atoms with Gasteiger partial charge >= 0.3 is 0 Å². The van der Waals surface area contributed by atoms with Gasteiger partial charge in [0.2, 0.25) is 0 Å². The number of nitro groups is 1. The van der Waals surface area contributed by atoms with Crippen LogP contribution in [-0.2, 0) is 6.54 Å². The zero-order valence-electron chi connectivity index (χ0n) is 12.7. The number of nitrogens with zero attached hydrogens (tertiary/aromatic N) is 2. The van der Waals surface area contributed by atoms with Crippen LogP contribution in [0.1, 0.15) is 17.5 Å². The number of aromatic nitrogens is 1. The Morgan fingerprint density at radius 3 is 2.96 bits per heavy atom. The molecule has 0 saturated heterocycles. The predicted octanol–water partition coefficient (Wildman–Crippen LogP) is 3.07. The Labute approximate surface area is 133 Å². The summed E-state index contributed by atoms with van der Waals surface area (Å²) in [7, 11) is 0. The average Bonchev–Trinajstić information content (AvgIpc) is 2.79. The highest BCUT2D eigenvalue weighted by atomic mass is 16.6. The van der Waals surface area contributed by atoms with Crippen LogP contribution in [0.2, 0.25) is 0 Å². The number of nitrogens with one attached hydrogen (secondary N) is 1. The van der Waals surface area contributed by atoms with E-state index in [1.165, 1.54) is 12.3 Å². The number of fused-ring (bicyclic) bond motifs is 1. The molecule has 2 aromatic rings. The molecule has 120 valence electrons. The third-order valence-electron chi connectivity index (χ3n) is 3.57. The maximum Gasteiger partial charge on any atom is 0.287 e. The van der Waals surface area contributed by atoms with Crippen LogP contribution in [0.5, 0.6) is 11.5 Å². The Morgan fingerprint density at radius 1 is 1.35 bits per heavy atom. The van der Waals surface area contributed by atoms with Crippen molar-refractivity contribution in [3.63, 3.8) is 0 Å². The highest BCUT2D eigenvalue weighted by Crippen LogP contribution is 2.33. The van der Waals surface area contributed by atoms with Crippen molar-refractivity contribution in [2.45, 2.75) is 19.9 Å². The normalized spacial score (nSPS) is 13.3. The lowest BCUT2D eigenvalue weighted by molar-refractivity contribution is -0.385. The van der Waals surface area contributed by atoms with Gasteiger partial charge in [-0.05, 0) is 18.6 Å². The molecule has 3 rings (SSSR count). The first-order valence-corrected chi connectivity index (χ1v) is 7.37. The molecule has 1 aromatic carbocycles. The number of benzene rings is 1. The first-order chi connectivity index (χ1) is 11.1. The highest BCUT2D eigenvalue weighted by Gasteiger charge is 2.15. The number of rotatable bonds is 4. The van der Waals surface area contributed by atoms with Crippen molar-refractivity contribution >= 4 is 11.5 Å². The second-order valence-electron chi connectivity index (χ2n) is 5.26. The maximum absolute atomic E-state index is 10.8. The van der Waals surface area contributed by atoms with E-state index in [0.717, 1.165) is 29.0 Å². The average molecular weight is 315 g/mol. The minimum Gasteiger partial charge on any atom is -0.490 e. The summed E-state index contributed by atoms with van der Waals surface area (Å²) in [5.74, 6) is 2.11. The molecule has 0 atom stereocenters. The summed E-state index contributed by atoms with van der Waals surface area (Å²) in [4.78, 5) is 14.4. The number of hydrogen-bond donors (Lipinski definition) is 1. The number of pyridine rings is 1. The lowest BCUT2D eigenvalue weighted by Gasteiger charge is -2.14. The molecule has 1 aliphatic rings. The fourth-order valence-corrected chi connectivity index (χ4v) is 2.42. The second-order valence-corrected chi connectivity index (χ2v) is 5.26. The first-order valence-electron chi connectivity index (χ1n) is 7.37. The molecule has 23 heavy (non-hydrogen) atoms. The summed E-state index contributed by atoms with van der Waals surface area (Å²) in [6.45, 7) is 3.55. The number of hydrogen-bond acceptors (Lipinski definition) is 6. The number of anilines is 1. The Hall–Kier alpha value is -2.83. The van der Waals surface area contributed by atoms with Crippen molar-refractivity contribution in [1.29, 1.82) is 0 Å². The fraction of sp³-hybridized carbons (Fsp3) is 0.312. The molecule has 0 aliphatic carbocycles. The summed E-state index contributed by atoms with van der Waals surface area (Å²) in [6.07, 6.45) is 2.10. The summed E-state index contributed by atoms with van der Waals surface area (Å²) in [6, 6.07) is 7.27. The summed E-state index contributed by atoms with van der Waals surface area (Å²) >= 11 is 0. The molecule has 0 spiro atoms. The van der Waals surface area contributed by atoms with Crippen LogP contribution < -0.4 is 14.8 Å². The topological polar surface area (TPSA) is 86.5 Å². The van der Waals surface area contributed by atoms with E-state index < -0.39 is 4.92 Å². The summed E-state index contributed by atoms with van der Waals surface area (Å²) in [5.41, 5.74) is 1.67. The van der Waals surface area contributed by atoms with Gasteiger partial charge in [0, 0.05) is 24.6 Å². The van der Waals surface area contributed by atoms with Crippen molar-refractivity contribution < 1.29 is 14.4 Å². The molecule has 0 unspecified atom stereocenters. The highest BCUT2D eigenvalue weighted by molar-refractivity contribution is 5.51. The molecule has 1 aromatic heterocycles. The van der Waals surface area contributed by atoms with Gasteiger partial charge in [0.15, 0.2) is 11.5 Å². The van der Waals surface area contributed by atoms with Crippen molar-refractivity contribution in [2.75, 3.05) is 18.5 Å². The van der Waals surface area contributed by atoms with Gasteiger partial charge in [0.25, 0.3) is 5.69 Å².